The summed E-state index contributed by atoms with van der Waals surface area (Å²) in [5.74, 6) is 0.633. The Morgan fingerprint density at radius 2 is 1.89 bits per heavy atom. The van der Waals surface area contributed by atoms with Crippen LogP contribution in [0.1, 0.15) is 72.9 Å². The number of pyridine rings is 1. The first-order valence-corrected chi connectivity index (χ1v) is 13.9. The molecule has 1 saturated carbocycles. The van der Waals surface area contributed by atoms with Crippen molar-refractivity contribution in [2.45, 2.75) is 64.1 Å². The molecule has 1 aliphatic carbocycles. The molecule has 196 valence electrons. The van der Waals surface area contributed by atoms with E-state index < -0.39 is 0 Å². The van der Waals surface area contributed by atoms with E-state index in [9.17, 15) is 0 Å². The van der Waals surface area contributed by atoms with Crippen molar-refractivity contribution in [1.29, 1.82) is 0 Å². The van der Waals surface area contributed by atoms with Gasteiger partial charge in [-0.25, -0.2) is 0 Å². The number of aryl methyl sites for hydroxylation is 1. The summed E-state index contributed by atoms with van der Waals surface area (Å²) in [6.07, 6.45) is 8.26. The number of aromatic nitrogens is 2. The number of hydrogen-bond acceptors (Lipinski definition) is 4. The molecule has 0 bridgehead atoms. The minimum atomic E-state index is -0.0922. The second-order valence-electron chi connectivity index (χ2n) is 9.94. The third-order valence-electron chi connectivity index (χ3n) is 7.62. The van der Waals surface area contributed by atoms with Crippen LogP contribution >= 0.6 is 23.8 Å². The van der Waals surface area contributed by atoms with Gasteiger partial charge in [0.2, 0.25) is 0 Å². The third-order valence-corrected chi connectivity index (χ3v) is 8.23. The van der Waals surface area contributed by atoms with Crippen LogP contribution in [0.4, 0.5) is 5.69 Å². The van der Waals surface area contributed by atoms with Gasteiger partial charge < -0.3 is 24.3 Å². The second kappa shape index (κ2) is 11.4. The number of halogens is 1. The Kier molecular flexibility index (Phi) is 8.03. The molecule has 2 fully saturated rings. The zero-order valence-corrected chi connectivity index (χ0v) is 23.3. The number of ether oxygens (including phenoxy) is 2. The Bertz CT molecular complexity index is 1240. The van der Waals surface area contributed by atoms with E-state index in [1.807, 2.05) is 36.5 Å². The Morgan fingerprint density at radius 1 is 1.08 bits per heavy atom. The van der Waals surface area contributed by atoms with E-state index in [4.69, 9.17) is 38.3 Å². The monoisotopic (exact) mass is 538 g/mol. The number of nitrogens with zero attached hydrogens (tertiary/aromatic N) is 3. The molecule has 1 aromatic carbocycles. The van der Waals surface area contributed by atoms with Gasteiger partial charge in [0.05, 0.1) is 29.4 Å². The summed E-state index contributed by atoms with van der Waals surface area (Å²) in [5, 5.41) is 4.78. The van der Waals surface area contributed by atoms with Crippen molar-refractivity contribution < 1.29 is 9.47 Å². The fourth-order valence-corrected chi connectivity index (χ4v) is 6.52. The van der Waals surface area contributed by atoms with Crippen LogP contribution in [0.15, 0.2) is 48.7 Å². The van der Waals surface area contributed by atoms with Crippen LogP contribution in [0.2, 0.25) is 5.02 Å². The van der Waals surface area contributed by atoms with Crippen LogP contribution in [0.3, 0.4) is 0 Å². The molecule has 1 saturated heterocycles. The van der Waals surface area contributed by atoms with Crippen LogP contribution in [-0.4, -0.2) is 35.0 Å². The average Bonchev–Trinajstić information content (AvgIpc) is 3.41. The molecule has 3 heterocycles. The summed E-state index contributed by atoms with van der Waals surface area (Å²) in [4.78, 5) is 6.89. The SMILES string of the molecule is COCCOc1ccc(N2C(=S)N[C@H](c3ccccn3)[C@H]2c2cc(C)n(C3CCCCC3)c2C)cc1Cl. The molecule has 5 rings (SSSR count). The van der Waals surface area contributed by atoms with Crippen molar-refractivity contribution in [3.05, 3.63) is 76.3 Å². The maximum Gasteiger partial charge on any atom is 0.174 e. The lowest BCUT2D eigenvalue weighted by Gasteiger charge is -2.30. The van der Waals surface area contributed by atoms with Gasteiger partial charge >= 0.3 is 0 Å². The van der Waals surface area contributed by atoms with Gasteiger partial charge in [0.25, 0.3) is 0 Å². The molecule has 2 aromatic heterocycles. The maximum atomic E-state index is 6.67. The van der Waals surface area contributed by atoms with E-state index in [1.165, 1.54) is 49.1 Å². The molecule has 0 amide bonds. The molecule has 6 nitrogen and oxygen atoms in total. The molecule has 1 aliphatic heterocycles. The molecule has 3 aromatic rings. The number of hydrogen-bond donors (Lipinski definition) is 1. The van der Waals surface area contributed by atoms with E-state index >= 15 is 0 Å². The van der Waals surface area contributed by atoms with Gasteiger partial charge in [0, 0.05) is 36.4 Å². The van der Waals surface area contributed by atoms with Gasteiger partial charge in [-0.15, -0.1) is 0 Å². The normalized spacial score (nSPS) is 20.3. The van der Waals surface area contributed by atoms with Crippen molar-refractivity contribution in [2.75, 3.05) is 25.2 Å². The minimum Gasteiger partial charge on any atom is -0.490 e. The quantitative estimate of drug-likeness (QED) is 0.250. The van der Waals surface area contributed by atoms with Gasteiger partial charge in [-0.2, -0.15) is 0 Å². The van der Waals surface area contributed by atoms with E-state index in [0.29, 0.717) is 35.1 Å². The first-order valence-electron chi connectivity index (χ1n) is 13.1. The summed E-state index contributed by atoms with van der Waals surface area (Å²) < 4.78 is 13.4. The van der Waals surface area contributed by atoms with Crippen LogP contribution in [0.5, 0.6) is 5.75 Å². The van der Waals surface area contributed by atoms with Gasteiger partial charge in [-0.05, 0) is 80.9 Å². The highest BCUT2D eigenvalue weighted by Crippen LogP contribution is 2.45. The summed E-state index contributed by atoms with van der Waals surface area (Å²) >= 11 is 12.6. The number of thiocarbonyl (C=S) groups is 1. The standard InChI is InChI=1S/C29H35ClN4O2S/c1-19-17-23(20(2)33(19)21-9-5-4-6-10-21)28-27(25-11-7-8-14-31-25)32-29(37)34(28)22-12-13-26(24(30)18-22)36-16-15-35-3/h7-8,11-14,17-18,21,27-28H,4-6,9-10,15-16H2,1-3H3,(H,32,37)/t27-,28-/m1/s1. The van der Waals surface area contributed by atoms with Gasteiger partial charge in [0.1, 0.15) is 12.4 Å². The van der Waals surface area contributed by atoms with E-state index in [2.05, 4.69) is 40.8 Å². The number of methoxy groups -OCH3 is 1. The third kappa shape index (κ3) is 5.22. The van der Waals surface area contributed by atoms with Gasteiger partial charge in [-0.1, -0.05) is 36.9 Å². The fraction of sp³-hybridized carbons (Fsp3) is 0.448. The second-order valence-corrected chi connectivity index (χ2v) is 10.7. The van der Waals surface area contributed by atoms with Gasteiger partial charge in [-0.3, -0.25) is 4.98 Å². The highest BCUT2D eigenvalue weighted by Gasteiger charge is 2.42. The Hall–Kier alpha value is -2.61. The molecule has 0 unspecified atom stereocenters. The molecule has 2 aliphatic rings. The predicted molar refractivity (Wildman–Crippen MR) is 153 cm³/mol. The zero-order valence-electron chi connectivity index (χ0n) is 21.7. The predicted octanol–water partition coefficient (Wildman–Crippen LogP) is 6.86. The summed E-state index contributed by atoms with van der Waals surface area (Å²) in [6.45, 7) is 5.43. The van der Waals surface area contributed by atoms with Crippen molar-refractivity contribution in [3.63, 3.8) is 0 Å². The molecule has 1 N–H and O–H groups in total. The van der Waals surface area contributed by atoms with Crippen molar-refractivity contribution in [2.24, 2.45) is 0 Å². The topological polar surface area (TPSA) is 51.6 Å². The molecule has 37 heavy (non-hydrogen) atoms. The van der Waals surface area contributed by atoms with Crippen molar-refractivity contribution in [1.82, 2.24) is 14.9 Å². The van der Waals surface area contributed by atoms with Crippen molar-refractivity contribution >= 4 is 34.6 Å². The van der Waals surface area contributed by atoms with E-state index in [0.717, 1.165) is 11.4 Å². The van der Waals surface area contributed by atoms with Crippen LogP contribution < -0.4 is 15.0 Å². The summed E-state index contributed by atoms with van der Waals surface area (Å²) in [7, 11) is 1.65. The summed E-state index contributed by atoms with van der Waals surface area (Å²) in [6, 6.07) is 14.7. The first-order chi connectivity index (χ1) is 18.0. The fourth-order valence-electron chi connectivity index (χ4n) is 5.94. The highest BCUT2D eigenvalue weighted by molar-refractivity contribution is 7.80. The van der Waals surface area contributed by atoms with Crippen LogP contribution in [0.25, 0.3) is 0 Å². The molecule has 2 atom stereocenters. The zero-order chi connectivity index (χ0) is 25.9. The lowest BCUT2D eigenvalue weighted by atomic mass is 9.94. The lowest BCUT2D eigenvalue weighted by Crippen LogP contribution is -2.29. The maximum absolute atomic E-state index is 6.67. The molecule has 0 radical (unpaired) electrons. The molecule has 8 heteroatoms. The Morgan fingerprint density at radius 3 is 2.59 bits per heavy atom. The molecular formula is C29H35ClN4O2S. The van der Waals surface area contributed by atoms with Crippen LogP contribution in [0, 0.1) is 13.8 Å². The Balaban J connectivity index is 1.56. The minimum absolute atomic E-state index is 0.0673. The highest BCUT2D eigenvalue weighted by atomic mass is 35.5. The smallest absolute Gasteiger partial charge is 0.174 e. The number of nitrogens with one attached hydrogen (secondary N) is 1. The largest absolute Gasteiger partial charge is 0.490 e. The number of anilines is 1. The van der Waals surface area contributed by atoms with Gasteiger partial charge in [0.15, 0.2) is 5.11 Å². The number of rotatable bonds is 8. The van der Waals surface area contributed by atoms with Crippen molar-refractivity contribution in [3.8, 4) is 5.75 Å². The average molecular weight is 539 g/mol. The van der Waals surface area contributed by atoms with E-state index in [1.54, 1.807) is 7.11 Å². The lowest BCUT2D eigenvalue weighted by molar-refractivity contribution is 0.146. The Labute approximate surface area is 229 Å². The first kappa shape index (κ1) is 26.0. The molecule has 0 spiro atoms. The summed E-state index contributed by atoms with van der Waals surface area (Å²) in [5.41, 5.74) is 5.76. The number of benzene rings is 1. The van der Waals surface area contributed by atoms with E-state index in [-0.39, 0.29) is 12.1 Å². The van der Waals surface area contributed by atoms with Crippen LogP contribution in [-0.2, 0) is 4.74 Å². The molecular weight excluding hydrogens is 504 g/mol.